The molecule has 1 aromatic rings. The molecule has 0 heterocycles. The van der Waals surface area contributed by atoms with Crippen LogP contribution in [0.3, 0.4) is 0 Å². The average Bonchev–Trinajstić information content (AvgIpc) is 2.36. The molecule has 6 heteroatoms. The molecule has 0 radical (unpaired) electrons. The number of carboxylic acids is 1. The Labute approximate surface area is 115 Å². The van der Waals surface area contributed by atoms with Gasteiger partial charge in [-0.05, 0) is 24.1 Å². The van der Waals surface area contributed by atoms with Crippen LogP contribution in [0.1, 0.15) is 37.8 Å². The molecule has 3 N–H and O–H groups in total. The van der Waals surface area contributed by atoms with Crippen LogP contribution in [0.25, 0.3) is 0 Å². The lowest BCUT2D eigenvalue weighted by molar-refractivity contribution is -0.139. The Hall–Kier alpha value is -1.56. The molecule has 0 aromatic heterocycles. The van der Waals surface area contributed by atoms with Crippen LogP contribution in [-0.2, 0) is 16.4 Å². The number of rotatable bonds is 5. The van der Waals surface area contributed by atoms with Crippen LogP contribution in [0, 0.1) is 0 Å². The summed E-state index contributed by atoms with van der Waals surface area (Å²) in [5.74, 6) is -1.03. The topological polar surface area (TPSA) is 63.3 Å². The van der Waals surface area contributed by atoms with E-state index < -0.39 is 29.2 Å². The first-order valence-electron chi connectivity index (χ1n) is 6.26. The summed E-state index contributed by atoms with van der Waals surface area (Å²) in [5.41, 5.74) is 4.81. The Bertz CT molecular complexity index is 470. The molecule has 2 atom stereocenters. The van der Waals surface area contributed by atoms with E-state index in [0.29, 0.717) is 12.0 Å². The number of carbonyl (C=O) groups is 1. The van der Waals surface area contributed by atoms with Gasteiger partial charge in [-0.3, -0.25) is 4.79 Å². The summed E-state index contributed by atoms with van der Waals surface area (Å²) in [6, 6.07) is 4.08. The second kappa shape index (κ2) is 5.83. The van der Waals surface area contributed by atoms with E-state index in [4.69, 9.17) is 10.8 Å². The van der Waals surface area contributed by atoms with Gasteiger partial charge >= 0.3 is 12.1 Å². The van der Waals surface area contributed by atoms with Crippen LogP contribution in [-0.4, -0.2) is 17.1 Å². The van der Waals surface area contributed by atoms with Crippen molar-refractivity contribution in [3.63, 3.8) is 0 Å². The van der Waals surface area contributed by atoms with Crippen LogP contribution in [0.4, 0.5) is 13.2 Å². The molecule has 1 rings (SSSR count). The van der Waals surface area contributed by atoms with Gasteiger partial charge in [0.1, 0.15) is 0 Å². The third-order valence-corrected chi connectivity index (χ3v) is 3.65. The van der Waals surface area contributed by atoms with Crippen molar-refractivity contribution in [2.75, 3.05) is 0 Å². The smallest absolute Gasteiger partial charge is 0.416 e. The summed E-state index contributed by atoms with van der Waals surface area (Å²) in [6.45, 7) is 3.48. The lowest BCUT2D eigenvalue weighted by Crippen LogP contribution is -2.44. The zero-order chi connectivity index (χ0) is 15.6. The first-order valence-corrected chi connectivity index (χ1v) is 6.26. The van der Waals surface area contributed by atoms with Crippen LogP contribution >= 0.6 is 0 Å². The number of benzene rings is 1. The van der Waals surface area contributed by atoms with Crippen LogP contribution in [0.5, 0.6) is 0 Å². The number of hydrogen-bond donors (Lipinski definition) is 2. The Morgan fingerprint density at radius 3 is 2.05 bits per heavy atom. The van der Waals surface area contributed by atoms with Crippen LogP contribution in [0.2, 0.25) is 0 Å². The van der Waals surface area contributed by atoms with E-state index in [9.17, 15) is 18.0 Å². The van der Waals surface area contributed by atoms with Gasteiger partial charge in [-0.2, -0.15) is 13.2 Å². The summed E-state index contributed by atoms with van der Waals surface area (Å²) in [6.07, 6.45) is -4.10. The molecule has 0 fully saturated rings. The number of alkyl halides is 3. The van der Waals surface area contributed by atoms with E-state index in [2.05, 4.69) is 0 Å². The molecular formula is C14H18F3NO2. The first kappa shape index (κ1) is 16.5. The Morgan fingerprint density at radius 2 is 1.70 bits per heavy atom. The van der Waals surface area contributed by atoms with Gasteiger partial charge in [-0.1, -0.05) is 26.0 Å². The second-order valence-corrected chi connectivity index (χ2v) is 5.08. The van der Waals surface area contributed by atoms with Gasteiger partial charge in [0.15, 0.2) is 0 Å². The quantitative estimate of drug-likeness (QED) is 0.875. The van der Waals surface area contributed by atoms with Gasteiger partial charge in [0.25, 0.3) is 0 Å². The summed E-state index contributed by atoms with van der Waals surface area (Å²) in [5, 5.41) is 9.00. The third kappa shape index (κ3) is 3.50. The Morgan fingerprint density at radius 1 is 1.25 bits per heavy atom. The summed E-state index contributed by atoms with van der Waals surface area (Å²) >= 11 is 0. The van der Waals surface area contributed by atoms with Crippen molar-refractivity contribution in [3.8, 4) is 0 Å². The summed E-state index contributed by atoms with van der Waals surface area (Å²) in [4.78, 5) is 11.0. The molecule has 0 saturated heterocycles. The highest BCUT2D eigenvalue weighted by atomic mass is 19.4. The third-order valence-electron chi connectivity index (χ3n) is 3.65. The average molecular weight is 289 g/mol. The first-order chi connectivity index (χ1) is 9.11. The predicted molar refractivity (Wildman–Crippen MR) is 69.3 cm³/mol. The highest BCUT2D eigenvalue weighted by Gasteiger charge is 2.36. The number of carboxylic acid groups (broad SMARTS) is 1. The molecule has 0 aliphatic rings. The molecule has 0 aliphatic carbocycles. The lowest BCUT2D eigenvalue weighted by atomic mass is 9.72. The summed E-state index contributed by atoms with van der Waals surface area (Å²) < 4.78 is 37.6. The largest absolute Gasteiger partial charge is 0.481 e. The van der Waals surface area contributed by atoms with Crippen molar-refractivity contribution in [1.29, 1.82) is 0 Å². The van der Waals surface area contributed by atoms with E-state index in [1.54, 1.807) is 6.92 Å². The van der Waals surface area contributed by atoms with Crippen LogP contribution < -0.4 is 5.73 Å². The number of halogens is 3. The second-order valence-electron chi connectivity index (χ2n) is 5.08. The van der Waals surface area contributed by atoms with Crippen molar-refractivity contribution in [2.45, 2.75) is 44.3 Å². The fourth-order valence-electron chi connectivity index (χ4n) is 2.25. The molecule has 3 nitrogen and oxygen atoms in total. The Kier molecular flexibility index (Phi) is 4.81. The Balaban J connectivity index is 3.18. The van der Waals surface area contributed by atoms with E-state index in [1.807, 2.05) is 6.92 Å². The van der Waals surface area contributed by atoms with Crippen molar-refractivity contribution in [3.05, 3.63) is 35.4 Å². The van der Waals surface area contributed by atoms with Gasteiger partial charge in [0, 0.05) is 11.5 Å². The van der Waals surface area contributed by atoms with Gasteiger partial charge in [-0.25, -0.2) is 0 Å². The zero-order valence-corrected chi connectivity index (χ0v) is 11.4. The number of nitrogens with two attached hydrogens (primary N) is 1. The minimum absolute atomic E-state index is 0.229. The molecule has 1 aromatic carbocycles. The molecule has 0 bridgehead atoms. The summed E-state index contributed by atoms with van der Waals surface area (Å²) in [7, 11) is 0. The normalized spacial score (nSPS) is 16.5. The lowest BCUT2D eigenvalue weighted by Gasteiger charge is -2.34. The fourth-order valence-corrected chi connectivity index (χ4v) is 2.25. The van der Waals surface area contributed by atoms with Gasteiger partial charge in [0.05, 0.1) is 12.0 Å². The molecule has 0 amide bonds. The highest BCUT2D eigenvalue weighted by Crippen LogP contribution is 2.35. The molecule has 0 aliphatic heterocycles. The van der Waals surface area contributed by atoms with E-state index in [1.165, 1.54) is 12.1 Å². The zero-order valence-electron chi connectivity index (χ0n) is 11.4. The van der Waals surface area contributed by atoms with Gasteiger partial charge in [-0.15, -0.1) is 0 Å². The number of hydrogen-bond acceptors (Lipinski definition) is 2. The SMILES string of the molecule is CCC(N)C(C)(CC(=O)O)c1ccc(C(F)(F)F)cc1. The fraction of sp³-hybridized carbons (Fsp3) is 0.500. The van der Waals surface area contributed by atoms with E-state index in [0.717, 1.165) is 12.1 Å². The predicted octanol–water partition coefficient (Wildman–Crippen LogP) is 3.18. The van der Waals surface area contributed by atoms with Gasteiger partial charge < -0.3 is 10.8 Å². The number of aliphatic carboxylic acids is 1. The maximum atomic E-state index is 12.5. The van der Waals surface area contributed by atoms with Crippen molar-refractivity contribution < 1.29 is 23.1 Å². The van der Waals surface area contributed by atoms with Crippen molar-refractivity contribution >= 4 is 5.97 Å². The molecule has 0 spiro atoms. The van der Waals surface area contributed by atoms with E-state index >= 15 is 0 Å². The molecule has 20 heavy (non-hydrogen) atoms. The van der Waals surface area contributed by atoms with Crippen molar-refractivity contribution in [2.24, 2.45) is 5.73 Å². The van der Waals surface area contributed by atoms with Gasteiger partial charge in [0.2, 0.25) is 0 Å². The van der Waals surface area contributed by atoms with E-state index in [-0.39, 0.29) is 6.42 Å². The molecule has 112 valence electrons. The minimum Gasteiger partial charge on any atom is -0.481 e. The van der Waals surface area contributed by atoms with Crippen molar-refractivity contribution in [1.82, 2.24) is 0 Å². The molecule has 0 saturated carbocycles. The van der Waals surface area contributed by atoms with Crippen LogP contribution in [0.15, 0.2) is 24.3 Å². The minimum atomic E-state index is -4.41. The maximum Gasteiger partial charge on any atom is 0.416 e. The standard InChI is InChI=1S/C14H18F3NO2/c1-3-11(18)13(2,8-12(19)20)9-4-6-10(7-5-9)14(15,16)17/h4-7,11H,3,8,18H2,1-2H3,(H,19,20). The molecule has 2 unspecified atom stereocenters. The molecular weight excluding hydrogens is 271 g/mol. The maximum absolute atomic E-state index is 12.5. The monoisotopic (exact) mass is 289 g/mol. The highest BCUT2D eigenvalue weighted by molar-refractivity contribution is 5.69.